The number of methoxy groups -OCH3 is 1. The van der Waals surface area contributed by atoms with E-state index >= 15 is 0 Å². The maximum Gasteiger partial charge on any atom is 0.433 e. The number of aromatic nitrogens is 1. The van der Waals surface area contributed by atoms with E-state index in [2.05, 4.69) is 5.43 Å². The Hall–Kier alpha value is -3.95. The summed E-state index contributed by atoms with van der Waals surface area (Å²) in [6, 6.07) is 8.43. The number of amides is 1. The van der Waals surface area contributed by atoms with Gasteiger partial charge in [-0.15, -0.1) is 0 Å². The highest BCUT2D eigenvalue weighted by atomic mass is 16.6. The van der Waals surface area contributed by atoms with Crippen LogP contribution < -0.4 is 11.0 Å². The summed E-state index contributed by atoms with van der Waals surface area (Å²) < 4.78 is 10.3. The fraction of sp³-hybridized carbons (Fsp3) is 0.0625. The van der Waals surface area contributed by atoms with Crippen LogP contribution >= 0.6 is 0 Å². The highest BCUT2D eigenvalue weighted by Gasteiger charge is 2.20. The average molecular weight is 357 g/mol. The fourth-order valence-electron chi connectivity index (χ4n) is 2.36. The summed E-state index contributed by atoms with van der Waals surface area (Å²) in [5.74, 6) is -2.57. The summed E-state index contributed by atoms with van der Waals surface area (Å²) in [5, 5.41) is 11.2. The molecule has 10 nitrogen and oxygen atoms in total. The van der Waals surface area contributed by atoms with E-state index in [1.165, 1.54) is 13.2 Å². The predicted octanol–water partition coefficient (Wildman–Crippen LogP) is 1.67. The molecule has 0 aliphatic heterocycles. The molecule has 0 spiro atoms. The number of nitrogens with one attached hydrogen (secondary N) is 1. The molecular formula is C16H11N3O7. The van der Waals surface area contributed by atoms with Crippen molar-refractivity contribution < 1.29 is 23.7 Å². The van der Waals surface area contributed by atoms with Crippen LogP contribution in [0.1, 0.15) is 20.9 Å². The zero-order chi connectivity index (χ0) is 18.8. The van der Waals surface area contributed by atoms with E-state index in [4.69, 9.17) is 9.15 Å². The Labute approximate surface area is 144 Å². The van der Waals surface area contributed by atoms with Crippen LogP contribution in [0.3, 0.4) is 0 Å². The van der Waals surface area contributed by atoms with E-state index in [-0.39, 0.29) is 16.7 Å². The molecule has 0 unspecified atom stereocenters. The van der Waals surface area contributed by atoms with E-state index in [0.29, 0.717) is 5.39 Å². The molecule has 2 heterocycles. The number of benzene rings is 1. The molecular weight excluding hydrogens is 346 g/mol. The second-order valence-electron chi connectivity index (χ2n) is 5.09. The van der Waals surface area contributed by atoms with E-state index < -0.39 is 28.2 Å². The number of furan rings is 1. The molecule has 0 aliphatic carbocycles. The van der Waals surface area contributed by atoms with Gasteiger partial charge < -0.3 is 9.15 Å². The Kier molecular flexibility index (Phi) is 4.23. The van der Waals surface area contributed by atoms with Crippen LogP contribution in [0.4, 0.5) is 5.88 Å². The minimum Gasteiger partial charge on any atom is -0.465 e. The molecule has 1 aromatic carbocycles. The number of carbonyl (C=O) groups is 2. The minimum absolute atomic E-state index is 0.0634. The van der Waals surface area contributed by atoms with Gasteiger partial charge in [-0.05, 0) is 12.1 Å². The van der Waals surface area contributed by atoms with Crippen molar-refractivity contribution in [3.05, 3.63) is 74.4 Å². The quantitative estimate of drug-likeness (QED) is 0.426. The van der Waals surface area contributed by atoms with Gasteiger partial charge in [-0.2, -0.15) is 0 Å². The Bertz CT molecular complexity index is 1100. The van der Waals surface area contributed by atoms with Crippen LogP contribution in [0, 0.1) is 10.1 Å². The van der Waals surface area contributed by atoms with Crippen LogP contribution in [0.5, 0.6) is 0 Å². The van der Waals surface area contributed by atoms with Crippen LogP contribution in [-0.4, -0.2) is 28.6 Å². The molecule has 132 valence electrons. The molecule has 10 heteroatoms. The highest BCUT2D eigenvalue weighted by Crippen LogP contribution is 2.17. The van der Waals surface area contributed by atoms with Crippen molar-refractivity contribution in [1.82, 2.24) is 4.68 Å². The lowest BCUT2D eigenvalue weighted by Gasteiger charge is -2.11. The maximum absolute atomic E-state index is 12.5. The summed E-state index contributed by atoms with van der Waals surface area (Å²) in [4.78, 5) is 46.5. The third kappa shape index (κ3) is 2.90. The predicted molar refractivity (Wildman–Crippen MR) is 88.6 cm³/mol. The summed E-state index contributed by atoms with van der Waals surface area (Å²) >= 11 is 0. The topological polar surface area (TPSA) is 134 Å². The number of esters is 1. The summed E-state index contributed by atoms with van der Waals surface area (Å²) in [6.45, 7) is 0. The molecule has 0 atom stereocenters. The zero-order valence-electron chi connectivity index (χ0n) is 13.3. The van der Waals surface area contributed by atoms with Crippen molar-refractivity contribution in [2.24, 2.45) is 0 Å². The molecule has 0 radical (unpaired) electrons. The van der Waals surface area contributed by atoms with Crippen molar-refractivity contribution in [2.75, 3.05) is 12.5 Å². The first-order valence-electron chi connectivity index (χ1n) is 7.20. The number of hydrogen-bond acceptors (Lipinski definition) is 7. The van der Waals surface area contributed by atoms with E-state index in [1.807, 2.05) is 0 Å². The molecule has 1 amide bonds. The van der Waals surface area contributed by atoms with Crippen LogP contribution in [0.2, 0.25) is 0 Å². The standard InChI is InChI=1S/C16H11N3O7/c1-25-16(22)11-8-18(15(21)10-5-3-2-4-9(10)11)17-14(20)12-6-7-13(26-12)19(23)24/h2-8H,1H3,(H,17,20). The van der Waals surface area contributed by atoms with Gasteiger partial charge in [-0.1, -0.05) is 18.2 Å². The van der Waals surface area contributed by atoms with Gasteiger partial charge >= 0.3 is 17.8 Å². The van der Waals surface area contributed by atoms with Gasteiger partial charge in [0, 0.05) is 17.0 Å². The molecule has 1 N–H and O–H groups in total. The van der Waals surface area contributed by atoms with Gasteiger partial charge in [-0.3, -0.25) is 25.1 Å². The number of nitro groups is 1. The number of carbonyl (C=O) groups excluding carboxylic acids is 2. The first-order valence-corrected chi connectivity index (χ1v) is 7.20. The van der Waals surface area contributed by atoms with E-state index in [1.54, 1.807) is 18.2 Å². The van der Waals surface area contributed by atoms with Crippen molar-refractivity contribution in [3.63, 3.8) is 0 Å². The maximum atomic E-state index is 12.5. The molecule has 3 aromatic rings. The molecule has 0 bridgehead atoms. The molecule has 26 heavy (non-hydrogen) atoms. The average Bonchev–Trinajstić information content (AvgIpc) is 3.14. The number of ether oxygens (including phenoxy) is 1. The first kappa shape index (κ1) is 16.9. The lowest BCUT2D eigenvalue weighted by atomic mass is 10.1. The number of hydrogen-bond donors (Lipinski definition) is 1. The monoisotopic (exact) mass is 357 g/mol. The largest absolute Gasteiger partial charge is 0.465 e. The zero-order valence-corrected chi connectivity index (χ0v) is 13.3. The third-order valence-corrected chi connectivity index (χ3v) is 3.55. The van der Waals surface area contributed by atoms with Gasteiger partial charge in [0.1, 0.15) is 4.92 Å². The molecule has 3 rings (SSSR count). The van der Waals surface area contributed by atoms with Crippen molar-refractivity contribution in [1.29, 1.82) is 0 Å². The van der Waals surface area contributed by atoms with Gasteiger partial charge in [0.05, 0.1) is 18.7 Å². The molecule has 0 saturated carbocycles. The van der Waals surface area contributed by atoms with E-state index in [9.17, 15) is 24.5 Å². The van der Waals surface area contributed by atoms with Crippen LogP contribution in [0.15, 0.2) is 51.8 Å². The lowest BCUT2D eigenvalue weighted by Crippen LogP contribution is -2.33. The van der Waals surface area contributed by atoms with Gasteiger partial charge in [0.15, 0.2) is 0 Å². The molecule has 2 aromatic heterocycles. The summed E-state index contributed by atoms with van der Waals surface area (Å²) in [5.41, 5.74) is 1.70. The summed E-state index contributed by atoms with van der Waals surface area (Å²) in [6.07, 6.45) is 1.12. The smallest absolute Gasteiger partial charge is 0.433 e. The van der Waals surface area contributed by atoms with Gasteiger partial charge in [-0.25, -0.2) is 9.47 Å². The Morgan fingerprint density at radius 3 is 2.50 bits per heavy atom. The van der Waals surface area contributed by atoms with Crippen molar-refractivity contribution in [2.45, 2.75) is 0 Å². The molecule has 0 fully saturated rings. The lowest BCUT2D eigenvalue weighted by molar-refractivity contribution is -0.402. The van der Waals surface area contributed by atoms with Crippen LogP contribution in [-0.2, 0) is 4.74 Å². The van der Waals surface area contributed by atoms with Gasteiger partial charge in [0.25, 0.3) is 5.56 Å². The number of pyridine rings is 1. The summed E-state index contributed by atoms with van der Waals surface area (Å²) in [7, 11) is 1.19. The minimum atomic E-state index is -0.897. The number of nitrogens with zero attached hydrogens (tertiary/aromatic N) is 2. The first-order chi connectivity index (χ1) is 12.4. The normalized spacial score (nSPS) is 10.5. The Morgan fingerprint density at radius 2 is 1.88 bits per heavy atom. The SMILES string of the molecule is COC(=O)c1cn(NC(=O)c2ccc([N+](=O)[O-])o2)c(=O)c2ccccc12. The van der Waals surface area contributed by atoms with Crippen molar-refractivity contribution in [3.8, 4) is 0 Å². The van der Waals surface area contributed by atoms with Gasteiger partial charge in [0.2, 0.25) is 5.76 Å². The Morgan fingerprint density at radius 1 is 1.19 bits per heavy atom. The van der Waals surface area contributed by atoms with Crippen molar-refractivity contribution >= 4 is 28.5 Å². The van der Waals surface area contributed by atoms with Crippen LogP contribution in [0.25, 0.3) is 10.8 Å². The number of rotatable bonds is 4. The third-order valence-electron chi connectivity index (χ3n) is 3.55. The highest BCUT2D eigenvalue weighted by molar-refractivity contribution is 6.04. The fourth-order valence-corrected chi connectivity index (χ4v) is 2.36. The second kappa shape index (κ2) is 6.51. The second-order valence-corrected chi connectivity index (χ2v) is 5.09. The van der Waals surface area contributed by atoms with E-state index in [0.717, 1.165) is 23.0 Å². The Balaban J connectivity index is 2.05. The molecule has 0 saturated heterocycles. The number of fused-ring (bicyclic) bond motifs is 1. The molecule has 0 aliphatic rings.